The highest BCUT2D eigenvalue weighted by Gasteiger charge is 2.18. The molecule has 0 heterocycles. The highest BCUT2D eigenvalue weighted by atomic mass is 14.2. The molecule has 8 rings (SSSR count). The molecule has 0 spiro atoms. The van der Waals surface area contributed by atoms with Gasteiger partial charge in [-0.2, -0.15) is 0 Å². The number of hydrogen-bond donors (Lipinski definition) is 0. The number of fused-ring (bicyclic) bond motifs is 6. The Morgan fingerprint density at radius 1 is 0.282 bits per heavy atom. The number of benzene rings is 8. The van der Waals surface area contributed by atoms with Gasteiger partial charge in [-0.1, -0.05) is 141 Å². The van der Waals surface area contributed by atoms with Gasteiger partial charge in [0.25, 0.3) is 0 Å². The number of rotatable bonds is 2. The zero-order valence-electron chi connectivity index (χ0n) is 20.9. The van der Waals surface area contributed by atoms with E-state index in [-0.39, 0.29) is 7.43 Å². The maximum Gasteiger partial charge on any atom is -0.00201 e. The fourth-order valence-electron chi connectivity index (χ4n) is 6.33. The first-order valence-electron chi connectivity index (χ1n) is 13.2. The molecule has 0 unspecified atom stereocenters. The predicted octanol–water partition coefficient (Wildman–Crippen LogP) is 11.4. The SMILES string of the molecule is C.c1ccc(-c2c3ccccc3c(-c3cccc4c3ccc3cc5ccccc5cc34)c3ccccc23)cc1. The van der Waals surface area contributed by atoms with Crippen LogP contribution in [0.15, 0.2) is 146 Å². The summed E-state index contributed by atoms with van der Waals surface area (Å²) in [5.74, 6) is 0. The average molecular weight is 497 g/mol. The molecule has 0 nitrogen and oxygen atoms in total. The van der Waals surface area contributed by atoms with E-state index in [4.69, 9.17) is 0 Å². The first kappa shape index (κ1) is 23.2. The molecule has 0 saturated heterocycles. The summed E-state index contributed by atoms with van der Waals surface area (Å²) >= 11 is 0. The Balaban J connectivity index is 0.00000253. The summed E-state index contributed by atoms with van der Waals surface area (Å²) in [6, 6.07) is 53.3. The molecule has 0 bridgehead atoms. The van der Waals surface area contributed by atoms with Gasteiger partial charge < -0.3 is 0 Å². The normalized spacial score (nSPS) is 11.4. The standard InChI is InChI=1S/C38H24.CH4/c1-2-11-25(12-3-1)37-32-15-6-8-17-34(32)38(35-18-9-7-16-33(35)37)31-20-10-19-29-30(31)22-21-28-23-26-13-4-5-14-27(26)24-36(28)29;/h1-24H;1H4. The van der Waals surface area contributed by atoms with Crippen LogP contribution in [-0.4, -0.2) is 0 Å². The molecule has 0 fully saturated rings. The van der Waals surface area contributed by atoms with Crippen LogP contribution in [0.25, 0.3) is 76.1 Å². The van der Waals surface area contributed by atoms with Crippen LogP contribution in [-0.2, 0) is 0 Å². The summed E-state index contributed by atoms with van der Waals surface area (Å²) in [5.41, 5.74) is 5.14. The van der Waals surface area contributed by atoms with Gasteiger partial charge >= 0.3 is 0 Å². The van der Waals surface area contributed by atoms with E-state index in [1.165, 1.54) is 76.1 Å². The molecule has 0 aliphatic rings. The maximum absolute atomic E-state index is 2.35. The van der Waals surface area contributed by atoms with Gasteiger partial charge in [-0.15, -0.1) is 0 Å². The maximum atomic E-state index is 2.35. The summed E-state index contributed by atoms with van der Waals surface area (Å²) in [7, 11) is 0. The summed E-state index contributed by atoms with van der Waals surface area (Å²) < 4.78 is 0. The molecule has 0 radical (unpaired) electrons. The monoisotopic (exact) mass is 496 g/mol. The Hall–Kier alpha value is -4.94. The van der Waals surface area contributed by atoms with Crippen molar-refractivity contribution in [1.29, 1.82) is 0 Å². The lowest BCUT2D eigenvalue weighted by atomic mass is 9.84. The van der Waals surface area contributed by atoms with Crippen molar-refractivity contribution < 1.29 is 0 Å². The molecule has 0 saturated carbocycles. The van der Waals surface area contributed by atoms with Gasteiger partial charge in [0.1, 0.15) is 0 Å². The van der Waals surface area contributed by atoms with E-state index in [0.29, 0.717) is 0 Å². The van der Waals surface area contributed by atoms with Crippen molar-refractivity contribution in [3.05, 3.63) is 146 Å². The molecule has 8 aromatic rings. The molecule has 0 aliphatic carbocycles. The quantitative estimate of drug-likeness (QED) is 0.165. The smallest absolute Gasteiger partial charge is 0.00201 e. The largest absolute Gasteiger partial charge is 0.0776 e. The molecule has 0 N–H and O–H groups in total. The zero-order chi connectivity index (χ0) is 25.1. The van der Waals surface area contributed by atoms with E-state index < -0.39 is 0 Å². The van der Waals surface area contributed by atoms with Crippen LogP contribution < -0.4 is 0 Å². The fourth-order valence-corrected chi connectivity index (χ4v) is 6.33. The molecule has 0 aromatic heterocycles. The Morgan fingerprint density at radius 2 is 0.821 bits per heavy atom. The first-order valence-corrected chi connectivity index (χ1v) is 13.2. The molecule has 184 valence electrons. The molecule has 0 atom stereocenters. The second kappa shape index (κ2) is 9.11. The molecule has 0 aliphatic heterocycles. The van der Waals surface area contributed by atoms with Crippen molar-refractivity contribution in [2.45, 2.75) is 7.43 Å². The third-order valence-corrected chi connectivity index (χ3v) is 8.01. The molecule has 8 aromatic carbocycles. The van der Waals surface area contributed by atoms with Crippen molar-refractivity contribution >= 4 is 53.9 Å². The lowest BCUT2D eigenvalue weighted by Crippen LogP contribution is -1.91. The van der Waals surface area contributed by atoms with E-state index >= 15 is 0 Å². The second-order valence-corrected chi connectivity index (χ2v) is 10.1. The molecule has 39 heavy (non-hydrogen) atoms. The summed E-state index contributed by atoms with van der Waals surface area (Å²) in [5, 5.41) is 12.9. The fraction of sp³-hybridized carbons (Fsp3) is 0.0256. The minimum atomic E-state index is 0. The Bertz CT molecular complexity index is 2110. The Kier molecular flexibility index (Phi) is 5.42. The summed E-state index contributed by atoms with van der Waals surface area (Å²) in [6.07, 6.45) is 0. The van der Waals surface area contributed by atoms with Crippen LogP contribution in [0.1, 0.15) is 7.43 Å². The topological polar surface area (TPSA) is 0 Å². The molecule has 0 heteroatoms. The van der Waals surface area contributed by atoms with E-state index in [2.05, 4.69) is 146 Å². The highest BCUT2D eigenvalue weighted by Crippen LogP contribution is 2.45. The van der Waals surface area contributed by atoms with Crippen LogP contribution in [0.3, 0.4) is 0 Å². The van der Waals surface area contributed by atoms with Crippen LogP contribution >= 0.6 is 0 Å². The van der Waals surface area contributed by atoms with Crippen molar-refractivity contribution in [3.63, 3.8) is 0 Å². The third-order valence-electron chi connectivity index (χ3n) is 8.01. The van der Waals surface area contributed by atoms with Gasteiger partial charge in [-0.05, 0) is 88.2 Å². The van der Waals surface area contributed by atoms with Gasteiger partial charge in [-0.25, -0.2) is 0 Å². The van der Waals surface area contributed by atoms with Crippen molar-refractivity contribution in [3.8, 4) is 22.3 Å². The summed E-state index contributed by atoms with van der Waals surface area (Å²) in [4.78, 5) is 0. The van der Waals surface area contributed by atoms with Crippen LogP contribution in [0.2, 0.25) is 0 Å². The van der Waals surface area contributed by atoms with Crippen LogP contribution in [0.5, 0.6) is 0 Å². The second-order valence-electron chi connectivity index (χ2n) is 10.1. The van der Waals surface area contributed by atoms with E-state index in [1.807, 2.05) is 0 Å². The average Bonchev–Trinajstić information content (AvgIpc) is 2.99. The Morgan fingerprint density at radius 3 is 1.49 bits per heavy atom. The third kappa shape index (κ3) is 3.53. The minimum Gasteiger partial charge on any atom is -0.0776 e. The van der Waals surface area contributed by atoms with Gasteiger partial charge in [0, 0.05) is 0 Å². The number of hydrogen-bond acceptors (Lipinski definition) is 0. The molecular weight excluding hydrogens is 468 g/mol. The van der Waals surface area contributed by atoms with Crippen molar-refractivity contribution in [2.75, 3.05) is 0 Å². The van der Waals surface area contributed by atoms with Gasteiger partial charge in [0.15, 0.2) is 0 Å². The van der Waals surface area contributed by atoms with Crippen molar-refractivity contribution in [2.24, 2.45) is 0 Å². The van der Waals surface area contributed by atoms with Crippen molar-refractivity contribution in [1.82, 2.24) is 0 Å². The van der Waals surface area contributed by atoms with Gasteiger partial charge in [0.2, 0.25) is 0 Å². The lowest BCUT2D eigenvalue weighted by Gasteiger charge is -2.19. The summed E-state index contributed by atoms with van der Waals surface area (Å²) in [6.45, 7) is 0. The van der Waals surface area contributed by atoms with Gasteiger partial charge in [-0.3, -0.25) is 0 Å². The van der Waals surface area contributed by atoms with Crippen LogP contribution in [0.4, 0.5) is 0 Å². The zero-order valence-corrected chi connectivity index (χ0v) is 20.9. The van der Waals surface area contributed by atoms with E-state index in [0.717, 1.165) is 0 Å². The Labute approximate surface area is 228 Å². The lowest BCUT2D eigenvalue weighted by molar-refractivity contribution is 1.66. The highest BCUT2D eigenvalue weighted by molar-refractivity contribution is 6.25. The van der Waals surface area contributed by atoms with E-state index in [9.17, 15) is 0 Å². The first-order chi connectivity index (χ1) is 18.9. The van der Waals surface area contributed by atoms with E-state index in [1.54, 1.807) is 0 Å². The van der Waals surface area contributed by atoms with Gasteiger partial charge in [0.05, 0.1) is 0 Å². The predicted molar refractivity (Wildman–Crippen MR) is 172 cm³/mol. The molecular formula is C39H28. The molecule has 0 amide bonds. The minimum absolute atomic E-state index is 0. The van der Waals surface area contributed by atoms with Crippen LogP contribution in [0, 0.1) is 0 Å².